The van der Waals surface area contributed by atoms with Crippen molar-refractivity contribution >= 4 is 11.7 Å². The first-order valence-corrected chi connectivity index (χ1v) is 4.14. The van der Waals surface area contributed by atoms with E-state index in [0.717, 1.165) is 0 Å². The molecule has 0 fully saturated rings. The molecule has 2 N–H and O–H groups in total. The number of carbonyl (C=O) groups excluding carboxylic acids is 2. The summed E-state index contributed by atoms with van der Waals surface area (Å²) in [6.45, 7) is 5.23. The highest BCUT2D eigenvalue weighted by atomic mass is 16.3. The predicted octanol–water partition coefficient (Wildman–Crippen LogP) is 0.0203. The summed E-state index contributed by atoms with van der Waals surface area (Å²) in [6, 6.07) is 0. The first-order chi connectivity index (χ1) is 6.07. The smallest absolute Gasteiger partial charge is 0.246 e. The van der Waals surface area contributed by atoms with E-state index in [1.165, 1.54) is 0 Å². The van der Waals surface area contributed by atoms with E-state index in [1.54, 1.807) is 6.92 Å². The molecular formula is C9H15NO3. The van der Waals surface area contributed by atoms with Crippen LogP contribution >= 0.6 is 0 Å². The maximum Gasteiger partial charge on any atom is 0.246 e. The summed E-state index contributed by atoms with van der Waals surface area (Å²) in [5.41, 5.74) is 0.426. The molecular weight excluding hydrogens is 170 g/mol. The highest BCUT2D eigenvalue weighted by Gasteiger charge is 2.03. The Labute approximate surface area is 77.6 Å². The molecule has 0 unspecified atom stereocenters. The van der Waals surface area contributed by atoms with Crippen LogP contribution in [-0.4, -0.2) is 29.9 Å². The maximum atomic E-state index is 10.9. The Bertz CT molecular complexity index is 211. The first kappa shape index (κ1) is 11.8. The molecule has 0 rings (SSSR count). The molecule has 0 radical (unpaired) electrons. The van der Waals surface area contributed by atoms with Crippen molar-refractivity contribution in [1.82, 2.24) is 5.32 Å². The summed E-state index contributed by atoms with van der Waals surface area (Å²) in [6.07, 6.45) is 0.419. The Hall–Kier alpha value is -1.16. The Balaban J connectivity index is 3.50. The van der Waals surface area contributed by atoms with Gasteiger partial charge in [0.05, 0.1) is 0 Å². The van der Waals surface area contributed by atoms with E-state index in [9.17, 15) is 9.59 Å². The number of aliphatic hydroxyl groups excluding tert-OH is 1. The third-order valence-corrected chi connectivity index (χ3v) is 1.47. The molecule has 0 saturated carbocycles. The summed E-state index contributed by atoms with van der Waals surface area (Å²) in [7, 11) is 0. The second-order valence-electron chi connectivity index (χ2n) is 2.80. The van der Waals surface area contributed by atoms with Gasteiger partial charge >= 0.3 is 0 Å². The molecule has 0 aliphatic rings. The number of hydrogen-bond donors (Lipinski definition) is 2. The minimum atomic E-state index is -0.239. The molecule has 4 heteroatoms. The second kappa shape index (κ2) is 6.37. The van der Waals surface area contributed by atoms with Crippen LogP contribution in [0.5, 0.6) is 0 Å². The van der Waals surface area contributed by atoms with E-state index in [0.29, 0.717) is 12.1 Å². The lowest BCUT2D eigenvalue weighted by atomic mass is 10.2. The van der Waals surface area contributed by atoms with Crippen molar-refractivity contribution in [2.75, 3.05) is 13.2 Å². The van der Waals surface area contributed by atoms with Gasteiger partial charge in [-0.25, -0.2) is 0 Å². The lowest BCUT2D eigenvalue weighted by molar-refractivity contribution is -0.120. The molecule has 0 bridgehead atoms. The number of aliphatic hydroxyl groups is 1. The van der Waals surface area contributed by atoms with Gasteiger partial charge in [-0.05, 0) is 6.92 Å². The molecule has 0 spiro atoms. The van der Waals surface area contributed by atoms with Crippen LogP contribution in [0.2, 0.25) is 0 Å². The normalized spacial score (nSPS) is 9.38. The van der Waals surface area contributed by atoms with Crippen LogP contribution < -0.4 is 5.32 Å². The van der Waals surface area contributed by atoms with Crippen LogP contribution in [0.15, 0.2) is 12.2 Å². The number of nitrogens with one attached hydrogen (secondary N) is 1. The maximum absolute atomic E-state index is 10.9. The van der Waals surface area contributed by atoms with E-state index in [2.05, 4.69) is 11.9 Å². The zero-order valence-electron chi connectivity index (χ0n) is 7.80. The zero-order valence-corrected chi connectivity index (χ0v) is 7.80. The van der Waals surface area contributed by atoms with Crippen molar-refractivity contribution in [2.45, 2.75) is 19.8 Å². The molecule has 74 valence electrons. The van der Waals surface area contributed by atoms with Gasteiger partial charge < -0.3 is 10.4 Å². The highest BCUT2D eigenvalue weighted by Crippen LogP contribution is 1.89. The van der Waals surface area contributed by atoms with Gasteiger partial charge in [0.25, 0.3) is 0 Å². The molecule has 1 amide bonds. The SMILES string of the molecule is C=C(C)C(=O)NCCC(=O)CCO. The van der Waals surface area contributed by atoms with E-state index >= 15 is 0 Å². The fourth-order valence-corrected chi connectivity index (χ4v) is 0.716. The second-order valence-corrected chi connectivity index (χ2v) is 2.80. The van der Waals surface area contributed by atoms with Crippen molar-refractivity contribution in [3.63, 3.8) is 0 Å². The fourth-order valence-electron chi connectivity index (χ4n) is 0.716. The summed E-state index contributed by atoms with van der Waals surface area (Å²) < 4.78 is 0. The topological polar surface area (TPSA) is 66.4 Å². The van der Waals surface area contributed by atoms with E-state index in [1.807, 2.05) is 0 Å². The van der Waals surface area contributed by atoms with Crippen molar-refractivity contribution < 1.29 is 14.7 Å². The molecule has 0 aliphatic heterocycles. The van der Waals surface area contributed by atoms with Crippen LogP contribution in [0.1, 0.15) is 19.8 Å². The lowest BCUT2D eigenvalue weighted by Gasteiger charge is -2.02. The minimum Gasteiger partial charge on any atom is -0.396 e. The van der Waals surface area contributed by atoms with E-state index < -0.39 is 0 Å². The average molecular weight is 185 g/mol. The van der Waals surface area contributed by atoms with E-state index in [-0.39, 0.29) is 31.1 Å². The molecule has 0 aromatic heterocycles. The van der Waals surface area contributed by atoms with E-state index in [4.69, 9.17) is 5.11 Å². The number of ketones is 1. The van der Waals surface area contributed by atoms with Gasteiger partial charge in [-0.2, -0.15) is 0 Å². The third kappa shape index (κ3) is 6.04. The van der Waals surface area contributed by atoms with Gasteiger partial charge in [0.15, 0.2) is 0 Å². The number of carbonyl (C=O) groups is 2. The molecule has 0 aromatic carbocycles. The summed E-state index contributed by atoms with van der Waals surface area (Å²) >= 11 is 0. The van der Waals surface area contributed by atoms with Crippen molar-refractivity contribution in [3.05, 3.63) is 12.2 Å². The number of rotatable bonds is 6. The van der Waals surface area contributed by atoms with Gasteiger partial charge in [-0.3, -0.25) is 9.59 Å². The van der Waals surface area contributed by atoms with Crippen LogP contribution in [-0.2, 0) is 9.59 Å². The average Bonchev–Trinajstić information content (AvgIpc) is 2.04. The Morgan fingerprint density at radius 1 is 1.38 bits per heavy atom. The van der Waals surface area contributed by atoms with Crippen LogP contribution in [0.3, 0.4) is 0 Å². The van der Waals surface area contributed by atoms with Crippen molar-refractivity contribution in [2.24, 2.45) is 0 Å². The Morgan fingerprint density at radius 2 is 2.00 bits per heavy atom. The van der Waals surface area contributed by atoms with Crippen molar-refractivity contribution in [3.8, 4) is 0 Å². The summed E-state index contributed by atoms with van der Waals surface area (Å²) in [4.78, 5) is 21.8. The van der Waals surface area contributed by atoms with Gasteiger partial charge in [0.1, 0.15) is 5.78 Å². The Kier molecular flexibility index (Phi) is 5.80. The zero-order chi connectivity index (χ0) is 10.3. The number of Topliss-reactive ketones (excluding diaryl/α,β-unsaturated/α-hetero) is 1. The monoisotopic (exact) mass is 185 g/mol. The molecule has 4 nitrogen and oxygen atoms in total. The summed E-state index contributed by atoms with van der Waals surface area (Å²) in [5, 5.41) is 10.9. The molecule has 13 heavy (non-hydrogen) atoms. The molecule has 0 heterocycles. The van der Waals surface area contributed by atoms with Gasteiger partial charge in [-0.15, -0.1) is 0 Å². The van der Waals surface area contributed by atoms with Crippen LogP contribution in [0.25, 0.3) is 0 Å². The predicted molar refractivity (Wildman–Crippen MR) is 49.2 cm³/mol. The highest BCUT2D eigenvalue weighted by molar-refractivity contribution is 5.92. The first-order valence-electron chi connectivity index (χ1n) is 4.14. The Morgan fingerprint density at radius 3 is 2.46 bits per heavy atom. The quantitative estimate of drug-likeness (QED) is 0.573. The van der Waals surface area contributed by atoms with Gasteiger partial charge in [0, 0.05) is 31.6 Å². The molecule has 0 aliphatic carbocycles. The van der Waals surface area contributed by atoms with Gasteiger partial charge in [0.2, 0.25) is 5.91 Å². The van der Waals surface area contributed by atoms with Crippen molar-refractivity contribution in [1.29, 1.82) is 0 Å². The summed E-state index contributed by atoms with van der Waals surface area (Å²) in [5.74, 6) is -0.290. The lowest BCUT2D eigenvalue weighted by Crippen LogP contribution is -2.26. The third-order valence-electron chi connectivity index (χ3n) is 1.47. The minimum absolute atomic E-state index is 0.0514. The number of amides is 1. The standard InChI is InChI=1S/C9H15NO3/c1-7(2)9(13)10-5-3-8(12)4-6-11/h11H,1,3-6H2,2H3,(H,10,13). The molecule has 0 aromatic rings. The largest absolute Gasteiger partial charge is 0.396 e. The molecule has 0 atom stereocenters. The van der Waals surface area contributed by atoms with Gasteiger partial charge in [-0.1, -0.05) is 6.58 Å². The number of hydrogen-bond acceptors (Lipinski definition) is 3. The molecule has 0 saturated heterocycles. The fraction of sp³-hybridized carbons (Fsp3) is 0.556. The van der Waals surface area contributed by atoms with Crippen LogP contribution in [0.4, 0.5) is 0 Å². The van der Waals surface area contributed by atoms with Crippen LogP contribution in [0, 0.1) is 0 Å².